The fourth-order valence-corrected chi connectivity index (χ4v) is 4.15. The number of rotatable bonds is 4. The third-order valence-corrected chi connectivity index (χ3v) is 5.61. The van der Waals surface area contributed by atoms with Gasteiger partial charge in [0.25, 0.3) is 0 Å². The molecule has 0 saturated carbocycles. The van der Waals surface area contributed by atoms with E-state index >= 15 is 0 Å². The Morgan fingerprint density at radius 1 is 0.857 bits per heavy atom. The number of hydrogen-bond donors (Lipinski definition) is 0. The van der Waals surface area contributed by atoms with E-state index in [1.54, 1.807) is 7.11 Å². The van der Waals surface area contributed by atoms with Crippen molar-refractivity contribution in [3.8, 4) is 5.75 Å². The number of hydrogen-bond acceptors (Lipinski definition) is 1. The van der Waals surface area contributed by atoms with E-state index < -0.39 is 0 Å². The van der Waals surface area contributed by atoms with Crippen LogP contribution < -0.4 is 8.35 Å². The summed E-state index contributed by atoms with van der Waals surface area (Å²) in [5, 5.41) is 2.46. The van der Waals surface area contributed by atoms with Gasteiger partial charge in [0.15, 0.2) is 0 Å². The van der Waals surface area contributed by atoms with Crippen LogP contribution in [0.1, 0.15) is 5.56 Å². The van der Waals surface area contributed by atoms with Gasteiger partial charge in [-0.05, 0) is 0 Å². The fourth-order valence-electron chi connectivity index (χ4n) is 2.16. The van der Waals surface area contributed by atoms with E-state index in [0.29, 0.717) is 0 Å². The summed E-state index contributed by atoms with van der Waals surface area (Å²) in [5.74, 6) is 0.904. The van der Waals surface area contributed by atoms with Gasteiger partial charge in [0, 0.05) is 0 Å². The first-order valence-corrected chi connectivity index (χ1v) is 9.32. The summed E-state index contributed by atoms with van der Waals surface area (Å²) in [6.45, 7) is 0. The molecule has 2 heteroatoms. The Morgan fingerprint density at radius 3 is 2.43 bits per heavy atom. The van der Waals surface area contributed by atoms with Crippen molar-refractivity contribution in [2.24, 2.45) is 0 Å². The van der Waals surface area contributed by atoms with E-state index in [4.69, 9.17) is 4.74 Å². The van der Waals surface area contributed by atoms with E-state index in [2.05, 4.69) is 70.9 Å². The van der Waals surface area contributed by atoms with E-state index in [0.717, 1.165) is 5.75 Å². The van der Waals surface area contributed by atoms with Gasteiger partial charge in [-0.3, -0.25) is 0 Å². The molecule has 0 aliphatic rings. The van der Waals surface area contributed by atoms with Crippen LogP contribution in [-0.2, 0) is 0 Å². The van der Waals surface area contributed by atoms with Gasteiger partial charge in [-0.1, -0.05) is 0 Å². The molecule has 0 unspecified atom stereocenters. The molecule has 0 spiro atoms. The van der Waals surface area contributed by atoms with Gasteiger partial charge < -0.3 is 0 Å². The monoisotopic (exact) mass is 390 g/mol. The number of ether oxygens (including phenoxy) is 1. The maximum absolute atomic E-state index is 5.26. The molecule has 0 aliphatic carbocycles. The quantitative estimate of drug-likeness (QED) is 0.618. The van der Waals surface area contributed by atoms with Crippen molar-refractivity contribution in [2.75, 3.05) is 7.11 Å². The Labute approximate surface area is 135 Å². The molecule has 0 amide bonds. The second-order valence-corrected chi connectivity index (χ2v) is 7.50. The SMILES string of the molecule is COc1ccc2cc(/C=C/[Te]c3ccccc3)ccc2c1. The second kappa shape index (κ2) is 6.80. The summed E-state index contributed by atoms with van der Waals surface area (Å²) >= 11 is -0.236. The molecule has 0 fully saturated rings. The summed E-state index contributed by atoms with van der Waals surface area (Å²) in [7, 11) is 1.70. The van der Waals surface area contributed by atoms with Crippen molar-refractivity contribution in [2.45, 2.75) is 0 Å². The molecule has 3 aromatic rings. The van der Waals surface area contributed by atoms with Crippen LogP contribution in [0.5, 0.6) is 5.75 Å². The zero-order valence-electron chi connectivity index (χ0n) is 11.8. The van der Waals surface area contributed by atoms with Crippen LogP contribution in [0.3, 0.4) is 0 Å². The number of fused-ring (bicyclic) bond motifs is 1. The van der Waals surface area contributed by atoms with Gasteiger partial charge in [-0.15, -0.1) is 0 Å². The van der Waals surface area contributed by atoms with Crippen molar-refractivity contribution in [1.29, 1.82) is 0 Å². The van der Waals surface area contributed by atoms with Crippen LogP contribution in [0.15, 0.2) is 70.9 Å². The molecule has 3 rings (SSSR count). The van der Waals surface area contributed by atoms with Crippen LogP contribution in [0.4, 0.5) is 0 Å². The first-order valence-electron chi connectivity index (χ1n) is 6.81. The maximum atomic E-state index is 5.26. The van der Waals surface area contributed by atoms with Crippen LogP contribution in [0.2, 0.25) is 0 Å². The molecule has 104 valence electrons. The third-order valence-electron chi connectivity index (χ3n) is 3.28. The van der Waals surface area contributed by atoms with E-state index in [9.17, 15) is 0 Å². The van der Waals surface area contributed by atoms with Gasteiger partial charge in [0.05, 0.1) is 0 Å². The molecule has 0 N–H and O–H groups in total. The minimum absolute atomic E-state index is 0.236. The summed E-state index contributed by atoms with van der Waals surface area (Å²) in [6, 6.07) is 23.4. The van der Waals surface area contributed by atoms with Crippen molar-refractivity contribution >= 4 is 41.4 Å². The van der Waals surface area contributed by atoms with Crippen LogP contribution >= 0.6 is 0 Å². The molecular weight excluding hydrogens is 372 g/mol. The van der Waals surface area contributed by atoms with Gasteiger partial charge in [0.2, 0.25) is 0 Å². The molecule has 21 heavy (non-hydrogen) atoms. The predicted octanol–water partition coefficient (Wildman–Crippen LogP) is 3.85. The topological polar surface area (TPSA) is 9.23 Å². The Kier molecular flexibility index (Phi) is 4.60. The van der Waals surface area contributed by atoms with Crippen molar-refractivity contribution < 1.29 is 4.74 Å². The zero-order valence-corrected chi connectivity index (χ0v) is 14.2. The zero-order chi connectivity index (χ0) is 14.5. The third kappa shape index (κ3) is 3.67. The standard InChI is InChI=1S/C19H16OTe/c1-20-18-10-9-16-13-15(7-8-17(16)14-18)11-12-21-19-5-3-2-4-6-19/h2-14H,1H3/b12-11+. The summed E-state index contributed by atoms with van der Waals surface area (Å²) in [5.41, 5.74) is 1.26. The van der Waals surface area contributed by atoms with Gasteiger partial charge in [0.1, 0.15) is 0 Å². The minimum atomic E-state index is -0.236. The Bertz CT molecular complexity index is 763. The second-order valence-electron chi connectivity index (χ2n) is 4.71. The summed E-state index contributed by atoms with van der Waals surface area (Å²) < 4.78 is 9.06. The Morgan fingerprint density at radius 2 is 1.62 bits per heavy atom. The summed E-state index contributed by atoms with van der Waals surface area (Å²) in [4.78, 5) is 0. The molecule has 0 aliphatic heterocycles. The van der Waals surface area contributed by atoms with Gasteiger partial charge >= 0.3 is 135 Å². The molecule has 0 heterocycles. The van der Waals surface area contributed by atoms with Gasteiger partial charge in [-0.2, -0.15) is 0 Å². The molecule has 0 bridgehead atoms. The molecule has 1 nitrogen and oxygen atoms in total. The van der Waals surface area contributed by atoms with Crippen molar-refractivity contribution in [1.82, 2.24) is 0 Å². The molecular formula is C19H16OTe. The van der Waals surface area contributed by atoms with Crippen molar-refractivity contribution in [3.05, 3.63) is 76.4 Å². The molecule has 0 radical (unpaired) electrons. The Hall–Kier alpha value is -1.75. The first-order chi connectivity index (χ1) is 10.3. The van der Waals surface area contributed by atoms with E-state index in [1.807, 2.05) is 6.07 Å². The van der Waals surface area contributed by atoms with E-state index in [-0.39, 0.29) is 20.9 Å². The first kappa shape index (κ1) is 14.2. The molecule has 0 saturated heterocycles. The van der Waals surface area contributed by atoms with E-state index in [1.165, 1.54) is 19.9 Å². The normalized spacial score (nSPS) is 11.1. The van der Waals surface area contributed by atoms with Crippen molar-refractivity contribution in [3.63, 3.8) is 0 Å². The fraction of sp³-hybridized carbons (Fsp3) is 0.0526. The summed E-state index contributed by atoms with van der Waals surface area (Å²) in [6.07, 6.45) is 2.24. The van der Waals surface area contributed by atoms with Crippen LogP contribution in [-0.4, -0.2) is 28.0 Å². The van der Waals surface area contributed by atoms with Gasteiger partial charge in [-0.25, -0.2) is 0 Å². The predicted molar refractivity (Wildman–Crippen MR) is 91.4 cm³/mol. The average Bonchev–Trinajstić information content (AvgIpc) is 2.55. The van der Waals surface area contributed by atoms with Crippen LogP contribution in [0.25, 0.3) is 16.8 Å². The van der Waals surface area contributed by atoms with Crippen LogP contribution in [0, 0.1) is 0 Å². The molecule has 0 atom stereocenters. The average molecular weight is 388 g/mol. The number of methoxy groups -OCH3 is 1. The molecule has 0 aromatic heterocycles. The number of benzene rings is 3. The Balaban J connectivity index is 1.78. The molecule has 3 aromatic carbocycles.